The summed E-state index contributed by atoms with van der Waals surface area (Å²) in [7, 11) is 0. The van der Waals surface area contributed by atoms with Gasteiger partial charge in [0.25, 0.3) is 0 Å². The van der Waals surface area contributed by atoms with Crippen LogP contribution in [-0.4, -0.2) is 9.13 Å². The molecule has 0 fully saturated rings. The molecule has 0 aliphatic rings. The molecule has 0 saturated carbocycles. The number of furan rings is 1. The SMILES string of the molecule is c1ccc(-c2ccc(-n3c4ccccc4c4cc(-c5ccc6c(c5)c5cc7c(cc5n6-c5ccc(-c6ccccc6)cc5)oc5ccccc57)ccc43)cc2)cc1. The van der Waals surface area contributed by atoms with Crippen molar-refractivity contribution in [3.63, 3.8) is 0 Å². The van der Waals surface area contributed by atoms with Crippen LogP contribution in [0.25, 0.3) is 110 Å². The smallest absolute Gasteiger partial charge is 0.137 e. The fourth-order valence-corrected chi connectivity index (χ4v) is 8.99. The van der Waals surface area contributed by atoms with Crippen molar-refractivity contribution >= 4 is 65.6 Å². The summed E-state index contributed by atoms with van der Waals surface area (Å²) in [4.78, 5) is 0. The maximum atomic E-state index is 6.44. The molecular weight excluding hydrogens is 693 g/mol. The molecule has 0 unspecified atom stereocenters. The second-order valence-electron chi connectivity index (χ2n) is 14.9. The Balaban J connectivity index is 1.03. The standard InChI is InChI=1S/C54H34N2O/c1-3-11-35(12-4-1)37-19-25-41(26-20-37)55-49-17-9-7-15-43(49)45-31-39(23-29-50(45)55)40-24-30-51-46(32-40)47-33-48-44-16-8-10-18-53(44)57-54(48)34-52(47)56(51)42-27-21-38(22-28-42)36-13-5-2-6-14-36/h1-34H. The van der Waals surface area contributed by atoms with Crippen molar-refractivity contribution in [2.24, 2.45) is 0 Å². The molecule has 0 spiro atoms. The van der Waals surface area contributed by atoms with Crippen LogP contribution < -0.4 is 0 Å². The zero-order valence-corrected chi connectivity index (χ0v) is 30.9. The molecule has 12 rings (SSSR count). The van der Waals surface area contributed by atoms with Crippen molar-refractivity contribution in [2.45, 2.75) is 0 Å². The first-order chi connectivity index (χ1) is 28.2. The fraction of sp³-hybridized carbons (Fsp3) is 0. The fourth-order valence-electron chi connectivity index (χ4n) is 8.99. The predicted octanol–water partition coefficient (Wildman–Crippen LogP) is 14.8. The van der Waals surface area contributed by atoms with Crippen LogP contribution >= 0.6 is 0 Å². The molecule has 0 N–H and O–H groups in total. The van der Waals surface area contributed by atoms with Gasteiger partial charge in [0, 0.05) is 49.8 Å². The van der Waals surface area contributed by atoms with Crippen molar-refractivity contribution < 1.29 is 4.42 Å². The van der Waals surface area contributed by atoms with Crippen molar-refractivity contribution in [3.8, 4) is 44.8 Å². The van der Waals surface area contributed by atoms with Gasteiger partial charge >= 0.3 is 0 Å². The van der Waals surface area contributed by atoms with E-state index < -0.39 is 0 Å². The van der Waals surface area contributed by atoms with E-state index in [0.29, 0.717) is 0 Å². The molecule has 0 atom stereocenters. The van der Waals surface area contributed by atoms with Crippen LogP contribution in [-0.2, 0) is 0 Å². The third-order valence-corrected chi connectivity index (χ3v) is 11.7. The largest absolute Gasteiger partial charge is 0.456 e. The first kappa shape index (κ1) is 31.7. The Bertz CT molecular complexity index is 3480. The quantitative estimate of drug-likeness (QED) is 0.173. The summed E-state index contributed by atoms with van der Waals surface area (Å²) in [6.07, 6.45) is 0. The molecule has 0 aliphatic carbocycles. The Morgan fingerprint density at radius 3 is 1.30 bits per heavy atom. The molecule has 57 heavy (non-hydrogen) atoms. The van der Waals surface area contributed by atoms with Crippen molar-refractivity contribution in [1.82, 2.24) is 9.13 Å². The molecule has 0 saturated heterocycles. The highest BCUT2D eigenvalue weighted by atomic mass is 16.3. The van der Waals surface area contributed by atoms with Gasteiger partial charge in [0.05, 0.1) is 22.1 Å². The normalized spacial score (nSPS) is 11.9. The van der Waals surface area contributed by atoms with E-state index in [1.165, 1.54) is 66.0 Å². The van der Waals surface area contributed by atoms with Crippen LogP contribution in [0.1, 0.15) is 0 Å². The maximum absolute atomic E-state index is 6.44. The number of hydrogen-bond donors (Lipinski definition) is 0. The molecule has 3 aromatic heterocycles. The third-order valence-electron chi connectivity index (χ3n) is 11.7. The highest BCUT2D eigenvalue weighted by Gasteiger charge is 2.19. The lowest BCUT2D eigenvalue weighted by Crippen LogP contribution is -1.94. The average molecular weight is 727 g/mol. The third kappa shape index (κ3) is 4.99. The Labute approximate surface area is 328 Å². The maximum Gasteiger partial charge on any atom is 0.137 e. The molecule has 0 radical (unpaired) electrons. The first-order valence-electron chi connectivity index (χ1n) is 19.5. The van der Waals surface area contributed by atoms with E-state index >= 15 is 0 Å². The van der Waals surface area contributed by atoms with E-state index in [1.54, 1.807) is 0 Å². The Hall–Kier alpha value is -7.62. The lowest BCUT2D eigenvalue weighted by molar-refractivity contribution is 0.669. The minimum absolute atomic E-state index is 0.894. The summed E-state index contributed by atoms with van der Waals surface area (Å²) in [6, 6.07) is 74.5. The molecule has 12 aromatic rings. The Morgan fingerprint density at radius 2 is 0.684 bits per heavy atom. The van der Waals surface area contributed by atoms with Crippen LogP contribution in [0.2, 0.25) is 0 Å². The van der Waals surface area contributed by atoms with Gasteiger partial charge in [0.1, 0.15) is 11.2 Å². The number of para-hydroxylation sites is 2. The minimum Gasteiger partial charge on any atom is -0.456 e. The molecule has 0 amide bonds. The van der Waals surface area contributed by atoms with Crippen molar-refractivity contribution in [1.29, 1.82) is 0 Å². The van der Waals surface area contributed by atoms with Gasteiger partial charge in [-0.25, -0.2) is 0 Å². The summed E-state index contributed by atoms with van der Waals surface area (Å²) in [5, 5.41) is 7.16. The van der Waals surface area contributed by atoms with Crippen LogP contribution in [0.4, 0.5) is 0 Å². The molecule has 3 heterocycles. The van der Waals surface area contributed by atoms with E-state index in [4.69, 9.17) is 4.42 Å². The molecule has 0 aliphatic heterocycles. The average Bonchev–Trinajstić information content (AvgIpc) is 3.93. The monoisotopic (exact) mass is 726 g/mol. The van der Waals surface area contributed by atoms with Gasteiger partial charge in [0.15, 0.2) is 0 Å². The Kier molecular flexibility index (Phi) is 6.93. The number of nitrogens with zero attached hydrogens (tertiary/aromatic N) is 2. The molecule has 266 valence electrons. The van der Waals surface area contributed by atoms with Gasteiger partial charge in [-0.05, 0) is 100 Å². The second kappa shape index (κ2) is 12.5. The highest BCUT2D eigenvalue weighted by molar-refractivity contribution is 6.18. The summed E-state index contributed by atoms with van der Waals surface area (Å²) in [5.41, 5.74) is 16.0. The Morgan fingerprint density at radius 1 is 0.246 bits per heavy atom. The van der Waals surface area contributed by atoms with Crippen molar-refractivity contribution in [2.75, 3.05) is 0 Å². The number of rotatable bonds is 5. The van der Waals surface area contributed by atoms with E-state index in [-0.39, 0.29) is 0 Å². The summed E-state index contributed by atoms with van der Waals surface area (Å²) < 4.78 is 11.2. The summed E-state index contributed by atoms with van der Waals surface area (Å²) >= 11 is 0. The second-order valence-corrected chi connectivity index (χ2v) is 14.9. The summed E-state index contributed by atoms with van der Waals surface area (Å²) in [5.74, 6) is 0. The van der Waals surface area contributed by atoms with Crippen LogP contribution in [0.15, 0.2) is 211 Å². The highest BCUT2D eigenvalue weighted by Crippen LogP contribution is 2.41. The number of fused-ring (bicyclic) bond motifs is 9. The van der Waals surface area contributed by atoms with Crippen LogP contribution in [0, 0.1) is 0 Å². The van der Waals surface area contributed by atoms with E-state index in [0.717, 1.165) is 44.3 Å². The first-order valence-corrected chi connectivity index (χ1v) is 19.5. The van der Waals surface area contributed by atoms with Gasteiger partial charge in [-0.3, -0.25) is 0 Å². The zero-order chi connectivity index (χ0) is 37.5. The number of hydrogen-bond acceptors (Lipinski definition) is 1. The van der Waals surface area contributed by atoms with E-state index in [1.807, 2.05) is 6.07 Å². The number of benzene rings is 9. The van der Waals surface area contributed by atoms with Crippen LogP contribution in [0.5, 0.6) is 0 Å². The van der Waals surface area contributed by atoms with Gasteiger partial charge in [0.2, 0.25) is 0 Å². The minimum atomic E-state index is 0.894. The lowest BCUT2D eigenvalue weighted by Gasteiger charge is -2.11. The molecule has 0 bridgehead atoms. The predicted molar refractivity (Wildman–Crippen MR) is 239 cm³/mol. The topological polar surface area (TPSA) is 23.0 Å². The lowest BCUT2D eigenvalue weighted by atomic mass is 10.00. The van der Waals surface area contributed by atoms with E-state index in [9.17, 15) is 0 Å². The van der Waals surface area contributed by atoms with Crippen molar-refractivity contribution in [3.05, 3.63) is 206 Å². The van der Waals surface area contributed by atoms with Gasteiger partial charge in [-0.15, -0.1) is 0 Å². The molecule has 3 nitrogen and oxygen atoms in total. The van der Waals surface area contributed by atoms with Gasteiger partial charge < -0.3 is 13.6 Å². The van der Waals surface area contributed by atoms with Crippen LogP contribution in [0.3, 0.4) is 0 Å². The summed E-state index contributed by atoms with van der Waals surface area (Å²) in [6.45, 7) is 0. The zero-order valence-electron chi connectivity index (χ0n) is 30.9. The van der Waals surface area contributed by atoms with Gasteiger partial charge in [-0.2, -0.15) is 0 Å². The van der Waals surface area contributed by atoms with Gasteiger partial charge in [-0.1, -0.05) is 133 Å². The molecule has 9 aromatic carbocycles. The molecule has 3 heteroatoms. The number of aromatic nitrogens is 2. The molecular formula is C54H34N2O. The van der Waals surface area contributed by atoms with E-state index in [2.05, 4.69) is 209 Å².